The molecule has 0 amide bonds. The number of hydrogen-bond acceptors (Lipinski definition) is 5. The van der Waals surface area contributed by atoms with Gasteiger partial charge in [0, 0.05) is 11.4 Å². The summed E-state index contributed by atoms with van der Waals surface area (Å²) in [5, 5.41) is 0.606. The first kappa shape index (κ1) is 20.1. The van der Waals surface area contributed by atoms with Crippen molar-refractivity contribution in [3.8, 4) is 5.69 Å². The van der Waals surface area contributed by atoms with E-state index in [0.29, 0.717) is 19.5 Å². The molecule has 148 valence electrons. The predicted octanol–water partition coefficient (Wildman–Crippen LogP) is 5.98. The van der Waals surface area contributed by atoms with Crippen molar-refractivity contribution in [1.29, 1.82) is 0 Å². The van der Waals surface area contributed by atoms with E-state index in [1.54, 1.807) is 0 Å². The normalized spacial score (nSPS) is 11.3. The molecule has 0 unspecified atom stereocenters. The maximum absolute atomic E-state index is 12.7. The van der Waals surface area contributed by atoms with Gasteiger partial charge >= 0.3 is 0 Å². The van der Waals surface area contributed by atoms with Crippen molar-refractivity contribution in [3.63, 3.8) is 0 Å². The van der Waals surface area contributed by atoms with Gasteiger partial charge < -0.3 is 4.98 Å². The van der Waals surface area contributed by atoms with E-state index in [1.165, 1.54) is 45.4 Å². The van der Waals surface area contributed by atoms with E-state index in [0.717, 1.165) is 17.9 Å². The highest BCUT2D eigenvalue weighted by Crippen LogP contribution is 2.27. The molecule has 0 aliphatic rings. The van der Waals surface area contributed by atoms with Crippen LogP contribution in [-0.4, -0.2) is 14.5 Å². The summed E-state index contributed by atoms with van der Waals surface area (Å²) in [6.45, 7) is 6.32. The Morgan fingerprint density at radius 3 is 2.62 bits per heavy atom. The maximum Gasteiger partial charge on any atom is 0.271 e. The summed E-state index contributed by atoms with van der Waals surface area (Å²) in [5.74, 6) is 0.747. The molecular weight excluding hydrogens is 418 g/mol. The van der Waals surface area contributed by atoms with Crippen molar-refractivity contribution in [2.45, 2.75) is 38.1 Å². The number of rotatable bonds is 5. The van der Waals surface area contributed by atoms with Crippen LogP contribution in [0.3, 0.4) is 0 Å². The van der Waals surface area contributed by atoms with Crippen LogP contribution in [-0.2, 0) is 12.2 Å². The van der Waals surface area contributed by atoms with Gasteiger partial charge in [-0.05, 0) is 61.3 Å². The van der Waals surface area contributed by atoms with Crippen molar-refractivity contribution < 1.29 is 0 Å². The van der Waals surface area contributed by atoms with E-state index in [2.05, 4.69) is 56.1 Å². The molecule has 0 saturated heterocycles. The van der Waals surface area contributed by atoms with Gasteiger partial charge in [0.2, 0.25) is 0 Å². The lowest BCUT2D eigenvalue weighted by Gasteiger charge is -2.08. The monoisotopic (exact) mass is 439 g/mol. The molecule has 0 saturated carbocycles. The van der Waals surface area contributed by atoms with E-state index in [1.807, 2.05) is 16.7 Å². The topological polar surface area (TPSA) is 50.7 Å². The van der Waals surface area contributed by atoms with Crippen molar-refractivity contribution >= 4 is 45.7 Å². The fourth-order valence-corrected chi connectivity index (χ4v) is 5.43. The summed E-state index contributed by atoms with van der Waals surface area (Å²) in [4.78, 5) is 20.3. The smallest absolute Gasteiger partial charge is 0.271 e. The van der Waals surface area contributed by atoms with Crippen molar-refractivity contribution in [2.75, 3.05) is 0 Å². The second kappa shape index (κ2) is 8.26. The van der Waals surface area contributed by atoms with Gasteiger partial charge in [-0.1, -0.05) is 65.9 Å². The molecule has 0 radical (unpaired) electrons. The van der Waals surface area contributed by atoms with E-state index in [-0.39, 0.29) is 5.56 Å². The Balaban J connectivity index is 1.73. The molecule has 0 spiro atoms. The number of benzene rings is 2. The third-order valence-electron chi connectivity index (χ3n) is 4.89. The predicted molar refractivity (Wildman–Crippen MR) is 125 cm³/mol. The highest BCUT2D eigenvalue weighted by molar-refractivity contribution is 7.98. The van der Waals surface area contributed by atoms with E-state index in [9.17, 15) is 4.79 Å². The zero-order valence-corrected chi connectivity index (χ0v) is 18.9. The zero-order valence-electron chi connectivity index (χ0n) is 16.5. The number of nitrogens with zero attached hydrogens (tertiary/aromatic N) is 2. The molecule has 1 N–H and O–H groups in total. The summed E-state index contributed by atoms with van der Waals surface area (Å²) in [5.41, 5.74) is 6.40. The molecule has 29 heavy (non-hydrogen) atoms. The van der Waals surface area contributed by atoms with E-state index < -0.39 is 0 Å². The fourth-order valence-electron chi connectivity index (χ4n) is 3.22. The number of aromatic nitrogens is 3. The first-order valence-electron chi connectivity index (χ1n) is 9.40. The third-order valence-corrected chi connectivity index (χ3v) is 7.17. The number of nitrogens with one attached hydrogen (secondary N) is 1. The second-order valence-corrected chi connectivity index (χ2v) is 9.57. The van der Waals surface area contributed by atoms with Gasteiger partial charge in [-0.2, -0.15) is 0 Å². The van der Waals surface area contributed by atoms with Gasteiger partial charge in [0.1, 0.15) is 4.70 Å². The summed E-state index contributed by atoms with van der Waals surface area (Å²) in [6, 6.07) is 14.7. The van der Waals surface area contributed by atoms with Crippen molar-refractivity contribution in [1.82, 2.24) is 14.5 Å². The summed E-state index contributed by atoms with van der Waals surface area (Å²) in [7, 11) is 0. The Morgan fingerprint density at radius 2 is 1.93 bits per heavy atom. The molecule has 4 rings (SSSR count). The molecule has 0 bridgehead atoms. The lowest BCUT2D eigenvalue weighted by molar-refractivity contribution is 0.942. The molecule has 7 heteroatoms. The molecule has 2 aromatic heterocycles. The SMILES string of the molecule is CCc1ccc(-n2c(=S)sc3c(=O)[nH]c(SCc4ccc(C)cc4C)nc32)cc1. The first-order valence-corrected chi connectivity index (χ1v) is 11.6. The molecule has 0 fully saturated rings. The van der Waals surface area contributed by atoms with Crippen LogP contribution in [0.25, 0.3) is 16.0 Å². The van der Waals surface area contributed by atoms with Crippen LogP contribution in [0.15, 0.2) is 52.4 Å². The molecule has 2 heterocycles. The van der Waals surface area contributed by atoms with Gasteiger partial charge in [0.15, 0.2) is 14.8 Å². The van der Waals surface area contributed by atoms with Crippen LogP contribution < -0.4 is 5.56 Å². The van der Waals surface area contributed by atoms with Gasteiger partial charge in [0.25, 0.3) is 5.56 Å². The molecule has 4 nitrogen and oxygen atoms in total. The molecule has 0 aliphatic carbocycles. The van der Waals surface area contributed by atoms with Crippen molar-refractivity contribution in [2.24, 2.45) is 0 Å². The number of aryl methyl sites for hydroxylation is 3. The number of H-pyrrole nitrogens is 1. The van der Waals surface area contributed by atoms with Gasteiger partial charge in [0.05, 0.1) is 0 Å². The number of aromatic amines is 1. The van der Waals surface area contributed by atoms with Crippen LogP contribution in [0.1, 0.15) is 29.2 Å². The van der Waals surface area contributed by atoms with Gasteiger partial charge in [-0.3, -0.25) is 9.36 Å². The Bertz CT molecular complexity index is 1300. The Morgan fingerprint density at radius 1 is 1.17 bits per heavy atom. The quantitative estimate of drug-likeness (QED) is 0.236. The zero-order chi connectivity index (χ0) is 20.5. The molecule has 0 aliphatic heterocycles. The minimum Gasteiger partial charge on any atom is -0.300 e. The number of thioether (sulfide) groups is 1. The number of hydrogen-bond donors (Lipinski definition) is 1. The largest absolute Gasteiger partial charge is 0.300 e. The summed E-state index contributed by atoms with van der Waals surface area (Å²) in [6.07, 6.45) is 0.979. The number of thiazole rings is 1. The fraction of sp³-hybridized carbons (Fsp3) is 0.227. The third kappa shape index (κ3) is 4.08. The summed E-state index contributed by atoms with van der Waals surface area (Å²) >= 11 is 8.38. The van der Waals surface area contributed by atoms with Gasteiger partial charge in [-0.15, -0.1) is 0 Å². The van der Waals surface area contributed by atoms with E-state index in [4.69, 9.17) is 17.2 Å². The van der Waals surface area contributed by atoms with Crippen LogP contribution >= 0.6 is 35.3 Å². The standard InChI is InChI=1S/C22H21N3OS3/c1-4-15-6-9-17(10-7-15)25-19-18(29-22(25)27)20(26)24-21(23-19)28-12-16-8-5-13(2)11-14(16)3/h5-11H,4,12H2,1-3H3,(H,23,24,26). The molecule has 4 aromatic rings. The second-order valence-electron chi connectivity index (χ2n) is 6.97. The average Bonchev–Trinajstić information content (AvgIpc) is 3.04. The first-order chi connectivity index (χ1) is 14.0. The Kier molecular flexibility index (Phi) is 5.72. The summed E-state index contributed by atoms with van der Waals surface area (Å²) < 4.78 is 3.08. The van der Waals surface area contributed by atoms with Crippen molar-refractivity contribution in [3.05, 3.63) is 79.0 Å². The highest BCUT2D eigenvalue weighted by Gasteiger charge is 2.14. The average molecular weight is 440 g/mol. The molecular formula is C22H21N3OS3. The Hall–Kier alpha value is -2.22. The molecule has 0 atom stereocenters. The minimum atomic E-state index is -0.141. The minimum absolute atomic E-state index is 0.141. The molecule has 2 aromatic carbocycles. The number of fused-ring (bicyclic) bond motifs is 1. The van der Waals surface area contributed by atoms with Crippen LogP contribution in [0, 0.1) is 17.8 Å². The van der Waals surface area contributed by atoms with Crippen LogP contribution in [0.4, 0.5) is 0 Å². The van der Waals surface area contributed by atoms with Crippen LogP contribution in [0.5, 0.6) is 0 Å². The Labute approximate surface area is 182 Å². The maximum atomic E-state index is 12.7. The lowest BCUT2D eigenvalue weighted by atomic mass is 10.1. The van der Waals surface area contributed by atoms with E-state index >= 15 is 0 Å². The lowest BCUT2D eigenvalue weighted by Crippen LogP contribution is -2.09. The highest BCUT2D eigenvalue weighted by atomic mass is 32.2. The van der Waals surface area contributed by atoms with Crippen LogP contribution in [0.2, 0.25) is 0 Å². The van der Waals surface area contributed by atoms with Gasteiger partial charge in [-0.25, -0.2) is 4.98 Å².